The van der Waals surface area contributed by atoms with Gasteiger partial charge in [0.25, 0.3) is 10.1 Å². The van der Waals surface area contributed by atoms with Gasteiger partial charge in [0.05, 0.1) is 0 Å². The quantitative estimate of drug-likeness (QED) is 0.304. The molecule has 1 aliphatic rings. The normalized spacial score (nSPS) is 22.5. The fourth-order valence-corrected chi connectivity index (χ4v) is 2.02. The fourth-order valence-electron chi connectivity index (χ4n) is 0.857. The van der Waals surface area contributed by atoms with Crippen LogP contribution in [0.1, 0.15) is 0 Å². The lowest BCUT2D eigenvalue weighted by Gasteiger charge is -2.07. The maximum Gasteiger partial charge on any atom is 0.314 e. The molecule has 0 amide bonds. The van der Waals surface area contributed by atoms with E-state index in [1.54, 1.807) is 0 Å². The minimum Gasteiger partial charge on any atom is -0.361 e. The number of halogens is 1. The van der Waals surface area contributed by atoms with Crippen molar-refractivity contribution in [3.8, 4) is 0 Å². The van der Waals surface area contributed by atoms with Crippen LogP contribution >= 0.6 is 11.6 Å². The molecule has 0 bridgehead atoms. The van der Waals surface area contributed by atoms with Crippen LogP contribution in [-0.4, -0.2) is 28.8 Å². The van der Waals surface area contributed by atoms with Crippen LogP contribution in [-0.2, 0) is 10.1 Å². The molecule has 1 N–H and O–H groups in total. The van der Waals surface area contributed by atoms with Crippen molar-refractivity contribution in [2.24, 2.45) is 0 Å². The topological polar surface area (TPSA) is 90.8 Å². The number of nitrogens with zero attached hydrogens (tertiary/aromatic N) is 2. The third kappa shape index (κ3) is 2.05. The SMILES string of the molecule is [N-]=[N+]=C1C=CC=C(S(=O)(=O)O)C1Cl. The lowest BCUT2D eigenvalue weighted by atomic mass is 10.1. The van der Waals surface area contributed by atoms with E-state index < -0.39 is 20.4 Å². The molecule has 13 heavy (non-hydrogen) atoms. The van der Waals surface area contributed by atoms with Gasteiger partial charge in [-0.15, -0.1) is 11.6 Å². The number of rotatable bonds is 1. The van der Waals surface area contributed by atoms with E-state index in [1.165, 1.54) is 12.2 Å². The van der Waals surface area contributed by atoms with Gasteiger partial charge in [0.1, 0.15) is 4.91 Å². The minimum absolute atomic E-state index is 0.0307. The molecule has 1 atom stereocenters. The molecule has 1 rings (SSSR count). The Morgan fingerprint density at radius 2 is 2.23 bits per heavy atom. The average molecular weight is 221 g/mol. The molecule has 0 aromatic carbocycles. The molecule has 0 radical (unpaired) electrons. The number of allylic oxidation sites excluding steroid dienone is 4. The van der Waals surface area contributed by atoms with Gasteiger partial charge in [-0.2, -0.15) is 13.2 Å². The molecule has 0 aromatic heterocycles. The summed E-state index contributed by atoms with van der Waals surface area (Å²) in [5.74, 6) is 0. The van der Waals surface area contributed by atoms with E-state index in [-0.39, 0.29) is 5.71 Å². The Labute approximate surface area is 79.7 Å². The van der Waals surface area contributed by atoms with Gasteiger partial charge in [0, 0.05) is 6.08 Å². The van der Waals surface area contributed by atoms with Crippen LogP contribution in [0.25, 0.3) is 5.53 Å². The number of alkyl halides is 1. The smallest absolute Gasteiger partial charge is 0.314 e. The van der Waals surface area contributed by atoms with Gasteiger partial charge in [-0.25, -0.2) is 0 Å². The Morgan fingerprint density at radius 1 is 1.62 bits per heavy atom. The van der Waals surface area contributed by atoms with Crippen LogP contribution in [0.15, 0.2) is 23.1 Å². The van der Waals surface area contributed by atoms with Crippen LogP contribution in [0.4, 0.5) is 0 Å². The Kier molecular flexibility index (Phi) is 2.68. The summed E-state index contributed by atoms with van der Waals surface area (Å²) >= 11 is 5.58. The highest BCUT2D eigenvalue weighted by molar-refractivity contribution is 7.90. The molecular formula is C6H5ClN2O3S. The number of hydrogen-bond donors (Lipinski definition) is 1. The van der Waals surface area contributed by atoms with Crippen molar-refractivity contribution in [1.29, 1.82) is 0 Å². The first-order valence-corrected chi connectivity index (χ1v) is 5.06. The molecule has 0 heterocycles. The van der Waals surface area contributed by atoms with Crippen LogP contribution in [0.5, 0.6) is 0 Å². The van der Waals surface area contributed by atoms with Crippen molar-refractivity contribution in [2.45, 2.75) is 5.38 Å². The van der Waals surface area contributed by atoms with Gasteiger partial charge in [-0.05, 0) is 6.08 Å². The monoisotopic (exact) mass is 220 g/mol. The van der Waals surface area contributed by atoms with E-state index in [9.17, 15) is 8.42 Å². The van der Waals surface area contributed by atoms with Crippen molar-refractivity contribution in [2.75, 3.05) is 0 Å². The van der Waals surface area contributed by atoms with Gasteiger partial charge < -0.3 is 5.53 Å². The average Bonchev–Trinajstić information content (AvgIpc) is 2.02. The highest BCUT2D eigenvalue weighted by atomic mass is 35.5. The Bertz CT molecular complexity index is 431. The fraction of sp³-hybridized carbons (Fsp3) is 0.167. The molecule has 1 unspecified atom stereocenters. The molecule has 0 fully saturated rings. The van der Waals surface area contributed by atoms with Crippen LogP contribution in [0.2, 0.25) is 0 Å². The van der Waals surface area contributed by atoms with Crippen molar-refractivity contribution >= 4 is 27.4 Å². The van der Waals surface area contributed by atoms with Gasteiger partial charge >= 0.3 is 5.71 Å². The second-order valence-corrected chi connectivity index (χ2v) is 4.15. The van der Waals surface area contributed by atoms with Crippen molar-refractivity contribution in [3.63, 3.8) is 0 Å². The van der Waals surface area contributed by atoms with Crippen LogP contribution < -0.4 is 0 Å². The molecule has 0 saturated heterocycles. The van der Waals surface area contributed by atoms with E-state index in [2.05, 4.69) is 4.79 Å². The molecular weight excluding hydrogens is 216 g/mol. The second kappa shape index (κ2) is 3.43. The summed E-state index contributed by atoms with van der Waals surface area (Å²) in [6.07, 6.45) is 3.80. The van der Waals surface area contributed by atoms with Gasteiger partial charge in [-0.1, -0.05) is 6.08 Å². The van der Waals surface area contributed by atoms with Crippen molar-refractivity contribution < 1.29 is 17.8 Å². The summed E-state index contributed by atoms with van der Waals surface area (Å²) in [5, 5.41) is -1.15. The molecule has 7 heteroatoms. The summed E-state index contributed by atoms with van der Waals surface area (Å²) in [5.41, 5.74) is 8.36. The highest BCUT2D eigenvalue weighted by Crippen LogP contribution is 2.20. The minimum atomic E-state index is -4.33. The van der Waals surface area contributed by atoms with Crippen LogP contribution in [0, 0.1) is 0 Å². The van der Waals surface area contributed by atoms with E-state index in [1.807, 2.05) is 0 Å². The molecule has 0 saturated carbocycles. The predicted molar refractivity (Wildman–Crippen MR) is 47.0 cm³/mol. The van der Waals surface area contributed by atoms with Crippen molar-refractivity contribution in [3.05, 3.63) is 28.7 Å². The molecule has 1 aliphatic carbocycles. The summed E-state index contributed by atoms with van der Waals surface area (Å²) in [6, 6.07) is 0. The van der Waals surface area contributed by atoms with Crippen LogP contribution in [0.3, 0.4) is 0 Å². The standard InChI is InChI=1S/C6H5ClN2O3S/c7-6-4(9-8)2-1-3-5(6)13(10,11)12/h1-3,6H,(H,10,11,12). The largest absolute Gasteiger partial charge is 0.361 e. The van der Waals surface area contributed by atoms with E-state index in [0.717, 1.165) is 6.08 Å². The summed E-state index contributed by atoms with van der Waals surface area (Å²) in [4.78, 5) is 2.38. The maximum absolute atomic E-state index is 10.7. The molecule has 70 valence electrons. The van der Waals surface area contributed by atoms with Gasteiger partial charge in [-0.3, -0.25) is 4.55 Å². The predicted octanol–water partition coefficient (Wildman–Crippen LogP) is 0.606. The first-order valence-electron chi connectivity index (χ1n) is 3.18. The summed E-state index contributed by atoms with van der Waals surface area (Å²) in [7, 11) is -4.33. The van der Waals surface area contributed by atoms with Crippen molar-refractivity contribution in [1.82, 2.24) is 0 Å². The lowest BCUT2D eigenvalue weighted by molar-refractivity contribution is -0.00521. The van der Waals surface area contributed by atoms with Gasteiger partial charge in [0.2, 0.25) is 0 Å². The van der Waals surface area contributed by atoms with E-state index >= 15 is 0 Å². The first kappa shape index (κ1) is 10.1. The summed E-state index contributed by atoms with van der Waals surface area (Å²) in [6.45, 7) is 0. The molecule has 0 aliphatic heterocycles. The Balaban J connectivity index is 3.24. The molecule has 5 nitrogen and oxygen atoms in total. The zero-order chi connectivity index (χ0) is 10.1. The Hall–Kier alpha value is -0.940. The van der Waals surface area contributed by atoms with E-state index in [0.29, 0.717) is 0 Å². The third-order valence-electron chi connectivity index (χ3n) is 1.45. The maximum atomic E-state index is 10.7. The zero-order valence-electron chi connectivity index (χ0n) is 6.25. The molecule has 0 aromatic rings. The Morgan fingerprint density at radius 3 is 2.69 bits per heavy atom. The van der Waals surface area contributed by atoms with Gasteiger partial charge in [0.15, 0.2) is 5.38 Å². The third-order valence-corrected chi connectivity index (χ3v) is 3.01. The highest BCUT2D eigenvalue weighted by Gasteiger charge is 2.32. The summed E-state index contributed by atoms with van der Waals surface area (Å²) < 4.78 is 30.1. The lowest BCUT2D eigenvalue weighted by Crippen LogP contribution is -2.23. The van der Waals surface area contributed by atoms with E-state index in [4.69, 9.17) is 21.7 Å². The molecule has 0 spiro atoms. The zero-order valence-corrected chi connectivity index (χ0v) is 7.83. The first-order chi connectivity index (χ1) is 5.96. The second-order valence-electron chi connectivity index (χ2n) is 2.29. The number of hydrogen-bond acceptors (Lipinski definition) is 2.